The number of carbonyl (C=O) groups is 1. The summed E-state index contributed by atoms with van der Waals surface area (Å²) in [5, 5.41) is 14.4. The van der Waals surface area contributed by atoms with Gasteiger partial charge in [0, 0.05) is 24.2 Å². The molecule has 5 rings (SSSR count). The third-order valence-electron chi connectivity index (χ3n) is 5.84. The molecule has 0 bridgehead atoms. The van der Waals surface area contributed by atoms with E-state index in [0.29, 0.717) is 17.2 Å². The minimum Gasteiger partial charge on any atom is -0.364 e. The molecule has 2 aliphatic rings. The van der Waals surface area contributed by atoms with E-state index in [1.807, 2.05) is 0 Å². The highest BCUT2D eigenvalue weighted by atomic mass is 19.4. The van der Waals surface area contributed by atoms with Crippen LogP contribution in [0.3, 0.4) is 0 Å². The van der Waals surface area contributed by atoms with Gasteiger partial charge < -0.3 is 10.6 Å². The van der Waals surface area contributed by atoms with Crippen LogP contribution in [0.25, 0.3) is 5.69 Å². The summed E-state index contributed by atoms with van der Waals surface area (Å²) in [4.78, 5) is 26.5. The van der Waals surface area contributed by atoms with E-state index in [-0.39, 0.29) is 29.6 Å². The molecule has 12 heteroatoms. The molecule has 3 aromatic rings. The van der Waals surface area contributed by atoms with Gasteiger partial charge in [0.05, 0.1) is 24.3 Å². The van der Waals surface area contributed by atoms with E-state index < -0.39 is 11.9 Å². The fraction of sp³-hybridized carbons (Fsp3) is 0.429. The van der Waals surface area contributed by atoms with Crippen molar-refractivity contribution in [3.63, 3.8) is 0 Å². The zero-order valence-corrected chi connectivity index (χ0v) is 17.5. The molecule has 172 valence electrons. The van der Waals surface area contributed by atoms with Gasteiger partial charge in [-0.2, -0.15) is 23.4 Å². The largest absolute Gasteiger partial charge is 0.434 e. The van der Waals surface area contributed by atoms with E-state index in [4.69, 9.17) is 0 Å². The lowest BCUT2D eigenvalue weighted by Gasteiger charge is -2.24. The van der Waals surface area contributed by atoms with Gasteiger partial charge in [-0.3, -0.25) is 4.79 Å². The fourth-order valence-corrected chi connectivity index (χ4v) is 4.08. The van der Waals surface area contributed by atoms with Crippen molar-refractivity contribution in [3.05, 3.63) is 54.0 Å². The van der Waals surface area contributed by atoms with Gasteiger partial charge in [-0.15, -0.1) is 4.80 Å². The molecule has 3 heterocycles. The van der Waals surface area contributed by atoms with Gasteiger partial charge in [0.15, 0.2) is 11.4 Å². The number of aromatic nitrogens is 6. The molecule has 1 unspecified atom stereocenters. The lowest BCUT2D eigenvalue weighted by atomic mass is 10.1. The highest BCUT2D eigenvalue weighted by molar-refractivity contribution is 5.95. The monoisotopic (exact) mass is 458 g/mol. The normalized spacial score (nSPS) is 20.6. The molecule has 0 aliphatic heterocycles. The van der Waals surface area contributed by atoms with E-state index in [1.54, 1.807) is 12.1 Å². The lowest BCUT2D eigenvalue weighted by Crippen LogP contribution is -2.44. The van der Waals surface area contributed by atoms with Gasteiger partial charge in [0.2, 0.25) is 0 Å². The van der Waals surface area contributed by atoms with Gasteiger partial charge >= 0.3 is 6.18 Å². The van der Waals surface area contributed by atoms with Crippen molar-refractivity contribution in [2.45, 2.75) is 56.3 Å². The van der Waals surface area contributed by atoms with E-state index in [9.17, 15) is 18.0 Å². The number of amides is 1. The molecular weight excluding hydrogens is 437 g/mol. The molecule has 2 atom stereocenters. The zero-order valence-electron chi connectivity index (χ0n) is 17.5. The second kappa shape index (κ2) is 8.41. The number of pyridine rings is 1. The van der Waals surface area contributed by atoms with E-state index in [1.165, 1.54) is 23.4 Å². The number of nitrogens with one attached hydrogen (secondary N) is 2. The fourth-order valence-electron chi connectivity index (χ4n) is 4.08. The molecule has 2 fully saturated rings. The summed E-state index contributed by atoms with van der Waals surface area (Å²) in [6.07, 6.45) is 4.65. The number of hydrogen-bond acceptors (Lipinski definition) is 7. The van der Waals surface area contributed by atoms with E-state index >= 15 is 0 Å². The summed E-state index contributed by atoms with van der Waals surface area (Å²) in [7, 11) is 0. The number of rotatable bonds is 6. The zero-order chi connectivity index (χ0) is 23.0. The predicted octanol–water partition coefficient (Wildman–Crippen LogP) is 3.11. The standard InChI is InChI=1S/C21H21F3N8O/c22-21(23,24)16-11-26-19(17(31-16)12-6-7-12)29-13-3-1-4-14(13)30-20(33)18-15(5-2-8-25-18)32-27-9-10-28-32/h2,5,8-14H,1,3-4,6-7H2,(H,26,29)(H,30,33)/t13-,14?/m0/s1. The molecule has 2 N–H and O–H groups in total. The lowest BCUT2D eigenvalue weighted by molar-refractivity contribution is -0.141. The van der Waals surface area contributed by atoms with Crippen LogP contribution in [0.4, 0.5) is 19.0 Å². The average Bonchev–Trinajstić information content (AvgIpc) is 3.31. The second-order valence-corrected chi connectivity index (χ2v) is 8.21. The summed E-state index contributed by atoms with van der Waals surface area (Å²) in [6.45, 7) is 0. The van der Waals surface area contributed by atoms with Crippen molar-refractivity contribution < 1.29 is 18.0 Å². The molecule has 2 saturated carbocycles. The first-order valence-electron chi connectivity index (χ1n) is 10.7. The highest BCUT2D eigenvalue weighted by Crippen LogP contribution is 2.43. The molecule has 0 radical (unpaired) electrons. The van der Waals surface area contributed by atoms with Crippen LogP contribution in [0.15, 0.2) is 36.9 Å². The van der Waals surface area contributed by atoms with E-state index in [2.05, 4.69) is 35.8 Å². The van der Waals surface area contributed by atoms with Gasteiger partial charge in [0.1, 0.15) is 11.5 Å². The van der Waals surface area contributed by atoms with Crippen LogP contribution in [0.1, 0.15) is 59.9 Å². The maximum absolute atomic E-state index is 13.1. The van der Waals surface area contributed by atoms with E-state index in [0.717, 1.165) is 38.3 Å². The Morgan fingerprint density at radius 2 is 1.79 bits per heavy atom. The Morgan fingerprint density at radius 3 is 2.52 bits per heavy atom. The minimum atomic E-state index is -4.54. The number of carbonyl (C=O) groups excluding carboxylic acids is 1. The van der Waals surface area contributed by atoms with Gasteiger partial charge in [-0.05, 0) is 44.2 Å². The number of alkyl halides is 3. The first kappa shape index (κ1) is 21.3. The van der Waals surface area contributed by atoms with Crippen LogP contribution >= 0.6 is 0 Å². The van der Waals surface area contributed by atoms with Crippen LogP contribution in [0.5, 0.6) is 0 Å². The average molecular weight is 458 g/mol. The van der Waals surface area contributed by atoms with Crippen molar-refractivity contribution in [2.24, 2.45) is 0 Å². The van der Waals surface area contributed by atoms with Crippen LogP contribution < -0.4 is 10.6 Å². The Morgan fingerprint density at radius 1 is 1.03 bits per heavy atom. The summed E-state index contributed by atoms with van der Waals surface area (Å²) in [5.41, 5.74) is -0.000759. The topological polar surface area (TPSA) is 111 Å². The molecule has 1 amide bonds. The maximum Gasteiger partial charge on any atom is 0.434 e. The van der Waals surface area contributed by atoms with Gasteiger partial charge in [0.25, 0.3) is 5.91 Å². The Labute approximate surface area is 186 Å². The molecule has 33 heavy (non-hydrogen) atoms. The van der Waals surface area contributed by atoms with Crippen molar-refractivity contribution in [2.75, 3.05) is 5.32 Å². The Kier molecular flexibility index (Phi) is 5.43. The number of hydrogen-bond donors (Lipinski definition) is 2. The van der Waals surface area contributed by atoms with Crippen LogP contribution in [0.2, 0.25) is 0 Å². The third kappa shape index (κ3) is 4.50. The summed E-state index contributed by atoms with van der Waals surface area (Å²) in [5.74, 6) is -0.0344. The molecule has 2 aliphatic carbocycles. The van der Waals surface area contributed by atoms with Crippen LogP contribution in [-0.4, -0.2) is 47.9 Å². The second-order valence-electron chi connectivity index (χ2n) is 8.21. The molecule has 0 aromatic carbocycles. The first-order valence-corrected chi connectivity index (χ1v) is 10.7. The molecule has 0 spiro atoms. The summed E-state index contributed by atoms with van der Waals surface area (Å²) >= 11 is 0. The third-order valence-corrected chi connectivity index (χ3v) is 5.84. The van der Waals surface area contributed by atoms with Gasteiger partial charge in [-0.1, -0.05) is 0 Å². The molecule has 9 nitrogen and oxygen atoms in total. The highest BCUT2D eigenvalue weighted by Gasteiger charge is 2.38. The molecular formula is C21H21F3N8O. The first-order chi connectivity index (χ1) is 15.9. The number of nitrogens with zero attached hydrogens (tertiary/aromatic N) is 6. The maximum atomic E-state index is 13.1. The summed E-state index contributed by atoms with van der Waals surface area (Å²) in [6, 6.07) is 2.96. The Hall–Kier alpha value is -3.57. The van der Waals surface area contributed by atoms with Crippen molar-refractivity contribution in [3.8, 4) is 5.69 Å². The SMILES string of the molecule is O=C(NC1CCC[C@@H]1Nc1ncc(C(F)(F)F)nc1C1CC1)c1ncccc1-n1nccn1. The summed E-state index contributed by atoms with van der Waals surface area (Å²) < 4.78 is 39.3. The Balaban J connectivity index is 1.34. The van der Waals surface area contributed by atoms with Crippen molar-refractivity contribution >= 4 is 11.7 Å². The number of anilines is 1. The minimum absolute atomic E-state index is 0.0191. The van der Waals surface area contributed by atoms with Gasteiger partial charge in [-0.25, -0.2) is 15.0 Å². The Bertz CT molecular complexity index is 1150. The van der Waals surface area contributed by atoms with Crippen LogP contribution in [0, 0.1) is 0 Å². The molecule has 0 saturated heterocycles. The smallest absolute Gasteiger partial charge is 0.364 e. The van der Waals surface area contributed by atoms with Crippen molar-refractivity contribution in [1.82, 2.24) is 35.3 Å². The molecule has 3 aromatic heterocycles. The quantitative estimate of drug-likeness (QED) is 0.584. The van der Waals surface area contributed by atoms with Crippen LogP contribution in [-0.2, 0) is 6.18 Å². The van der Waals surface area contributed by atoms with Crippen molar-refractivity contribution in [1.29, 1.82) is 0 Å². The number of halogens is 3. The predicted molar refractivity (Wildman–Crippen MR) is 111 cm³/mol.